The van der Waals surface area contributed by atoms with Crippen LogP contribution in [0.1, 0.15) is 47.1 Å². The van der Waals surface area contributed by atoms with Gasteiger partial charge in [0.15, 0.2) is 0 Å². The predicted molar refractivity (Wildman–Crippen MR) is 96.2 cm³/mol. The number of rotatable bonds is 4. The average molecular weight is 304 g/mol. The summed E-state index contributed by atoms with van der Waals surface area (Å²) in [5.41, 5.74) is 1.99. The minimum Gasteiger partial charge on any atom is -0.312 e. The van der Waals surface area contributed by atoms with Crippen LogP contribution >= 0.6 is 11.3 Å². The molecule has 2 aromatic rings. The van der Waals surface area contributed by atoms with E-state index >= 15 is 0 Å². The van der Waals surface area contributed by atoms with Crippen LogP contribution in [0.25, 0.3) is 10.1 Å². The third-order valence-electron chi connectivity index (χ3n) is 4.13. The van der Waals surface area contributed by atoms with Crippen LogP contribution in [-0.2, 0) is 6.42 Å². The van der Waals surface area contributed by atoms with E-state index in [9.17, 15) is 0 Å². The molecule has 0 aliphatic rings. The Balaban J connectivity index is 2.19. The maximum absolute atomic E-state index is 3.69. The van der Waals surface area contributed by atoms with Gasteiger partial charge in [-0.25, -0.2) is 0 Å². The highest BCUT2D eigenvalue weighted by atomic mass is 32.1. The van der Waals surface area contributed by atoms with E-state index in [4.69, 9.17) is 0 Å². The number of hydrogen-bond donors (Lipinski definition) is 1. The van der Waals surface area contributed by atoms with E-state index in [1.807, 2.05) is 11.3 Å². The largest absolute Gasteiger partial charge is 0.312 e. The highest BCUT2D eigenvalue weighted by Gasteiger charge is 2.26. The number of thiophene rings is 1. The molecule has 1 N–H and O–H groups in total. The van der Waals surface area contributed by atoms with Crippen LogP contribution in [0.15, 0.2) is 29.6 Å². The van der Waals surface area contributed by atoms with E-state index in [0.29, 0.717) is 11.3 Å². The van der Waals surface area contributed by atoms with Gasteiger partial charge in [0.1, 0.15) is 0 Å². The number of benzene rings is 1. The fraction of sp³-hybridized carbons (Fsp3) is 0.579. The third-order valence-corrected chi connectivity index (χ3v) is 5.14. The molecule has 2 heteroatoms. The molecule has 0 fully saturated rings. The van der Waals surface area contributed by atoms with Gasteiger partial charge in [0.05, 0.1) is 0 Å². The number of fused-ring (bicyclic) bond motifs is 1. The van der Waals surface area contributed by atoms with Crippen molar-refractivity contribution in [3.05, 3.63) is 35.2 Å². The Morgan fingerprint density at radius 3 is 2.33 bits per heavy atom. The molecule has 21 heavy (non-hydrogen) atoms. The summed E-state index contributed by atoms with van der Waals surface area (Å²) in [6.45, 7) is 14.9. The molecule has 0 amide bonds. The highest BCUT2D eigenvalue weighted by molar-refractivity contribution is 7.17. The topological polar surface area (TPSA) is 12.0 Å². The van der Waals surface area contributed by atoms with Crippen LogP contribution in [0.3, 0.4) is 0 Å². The van der Waals surface area contributed by atoms with Crippen LogP contribution < -0.4 is 5.32 Å². The van der Waals surface area contributed by atoms with Gasteiger partial charge in [-0.15, -0.1) is 11.3 Å². The summed E-state index contributed by atoms with van der Waals surface area (Å²) in [6, 6.07) is 8.77. The van der Waals surface area contributed by atoms with Crippen molar-refractivity contribution >= 4 is 21.4 Å². The SMILES string of the molecule is CC(C)(C)NCC(Cc1csc2ccccc12)C(C)(C)C. The van der Waals surface area contributed by atoms with Crippen molar-refractivity contribution in [3.63, 3.8) is 0 Å². The van der Waals surface area contributed by atoms with E-state index in [1.54, 1.807) is 0 Å². The molecule has 116 valence electrons. The van der Waals surface area contributed by atoms with E-state index in [2.05, 4.69) is 76.5 Å². The molecule has 1 unspecified atom stereocenters. The first kappa shape index (κ1) is 16.5. The molecule has 0 spiro atoms. The standard InChI is InChI=1S/C19H29NS/c1-18(2,3)15(12-20-19(4,5)6)11-14-13-21-17-10-8-7-9-16(14)17/h7-10,13,15,20H,11-12H2,1-6H3. The minimum absolute atomic E-state index is 0.181. The fourth-order valence-corrected chi connectivity index (χ4v) is 3.55. The summed E-state index contributed by atoms with van der Waals surface area (Å²) in [5, 5.41) is 7.48. The normalized spacial score (nSPS) is 14.6. The lowest BCUT2D eigenvalue weighted by Gasteiger charge is -2.34. The van der Waals surface area contributed by atoms with Crippen molar-refractivity contribution in [2.45, 2.75) is 53.5 Å². The average Bonchev–Trinajstić information content (AvgIpc) is 2.75. The molecule has 0 saturated heterocycles. The van der Waals surface area contributed by atoms with Gasteiger partial charge >= 0.3 is 0 Å². The Bertz CT molecular complexity index is 583. The quantitative estimate of drug-likeness (QED) is 0.787. The lowest BCUT2D eigenvalue weighted by Crippen LogP contribution is -2.42. The molecule has 1 nitrogen and oxygen atoms in total. The lowest BCUT2D eigenvalue weighted by atomic mass is 9.77. The zero-order chi connectivity index (χ0) is 15.7. The van der Waals surface area contributed by atoms with Gasteiger partial charge < -0.3 is 5.32 Å². The van der Waals surface area contributed by atoms with Gasteiger partial charge in [-0.1, -0.05) is 39.0 Å². The van der Waals surface area contributed by atoms with E-state index in [-0.39, 0.29) is 5.54 Å². The van der Waals surface area contributed by atoms with Crippen LogP contribution in [0.2, 0.25) is 0 Å². The second-order valence-electron chi connectivity index (χ2n) is 8.16. The number of hydrogen-bond acceptors (Lipinski definition) is 2. The van der Waals surface area contributed by atoms with Gasteiger partial charge in [-0.05, 0) is 67.5 Å². The summed E-state index contributed by atoms with van der Waals surface area (Å²) >= 11 is 1.87. The van der Waals surface area contributed by atoms with Crippen molar-refractivity contribution in [1.29, 1.82) is 0 Å². The second-order valence-corrected chi connectivity index (χ2v) is 9.07. The maximum atomic E-state index is 3.69. The van der Waals surface area contributed by atoms with Crippen molar-refractivity contribution in [1.82, 2.24) is 5.32 Å². The first-order valence-corrected chi connectivity index (χ1v) is 8.75. The van der Waals surface area contributed by atoms with E-state index in [0.717, 1.165) is 13.0 Å². The lowest BCUT2D eigenvalue weighted by molar-refractivity contribution is 0.214. The van der Waals surface area contributed by atoms with Gasteiger partial charge in [0.2, 0.25) is 0 Å². The van der Waals surface area contributed by atoms with Crippen LogP contribution in [0, 0.1) is 11.3 Å². The van der Waals surface area contributed by atoms with Crippen LogP contribution in [-0.4, -0.2) is 12.1 Å². The van der Waals surface area contributed by atoms with E-state index < -0.39 is 0 Å². The smallest absolute Gasteiger partial charge is 0.0345 e. The Hall–Kier alpha value is -0.860. The monoisotopic (exact) mass is 303 g/mol. The molecule has 1 atom stereocenters. The molecule has 0 aliphatic carbocycles. The van der Waals surface area contributed by atoms with Gasteiger partial charge in [0.25, 0.3) is 0 Å². The Morgan fingerprint density at radius 1 is 1.05 bits per heavy atom. The summed E-state index contributed by atoms with van der Waals surface area (Å²) in [5.74, 6) is 0.634. The van der Waals surface area contributed by atoms with Crippen molar-refractivity contribution < 1.29 is 0 Å². The highest BCUT2D eigenvalue weighted by Crippen LogP contribution is 2.33. The second kappa shape index (κ2) is 6.10. The van der Waals surface area contributed by atoms with Crippen LogP contribution in [0.4, 0.5) is 0 Å². The molecule has 0 bridgehead atoms. The maximum Gasteiger partial charge on any atom is 0.0345 e. The summed E-state index contributed by atoms with van der Waals surface area (Å²) in [7, 11) is 0. The molecule has 1 aromatic heterocycles. The minimum atomic E-state index is 0.181. The molecule has 0 saturated carbocycles. The number of nitrogens with one attached hydrogen (secondary N) is 1. The summed E-state index contributed by atoms with van der Waals surface area (Å²) in [4.78, 5) is 0. The fourth-order valence-electron chi connectivity index (χ4n) is 2.57. The van der Waals surface area contributed by atoms with E-state index in [1.165, 1.54) is 15.6 Å². The van der Waals surface area contributed by atoms with Crippen molar-refractivity contribution in [2.24, 2.45) is 11.3 Å². The van der Waals surface area contributed by atoms with Crippen molar-refractivity contribution in [2.75, 3.05) is 6.54 Å². The summed E-state index contributed by atoms with van der Waals surface area (Å²) < 4.78 is 1.41. The zero-order valence-corrected chi connectivity index (χ0v) is 15.1. The molecule has 1 heterocycles. The molecule has 0 aliphatic heterocycles. The predicted octanol–water partition coefficient (Wildman–Crippen LogP) is 5.49. The third kappa shape index (κ3) is 4.55. The Morgan fingerprint density at radius 2 is 1.71 bits per heavy atom. The zero-order valence-electron chi connectivity index (χ0n) is 14.3. The van der Waals surface area contributed by atoms with Gasteiger partial charge in [0, 0.05) is 10.2 Å². The van der Waals surface area contributed by atoms with Crippen LogP contribution in [0.5, 0.6) is 0 Å². The van der Waals surface area contributed by atoms with Gasteiger partial charge in [-0.3, -0.25) is 0 Å². The van der Waals surface area contributed by atoms with Crippen molar-refractivity contribution in [3.8, 4) is 0 Å². The first-order valence-electron chi connectivity index (χ1n) is 7.87. The first-order chi connectivity index (χ1) is 9.67. The molecular weight excluding hydrogens is 274 g/mol. The van der Waals surface area contributed by atoms with Gasteiger partial charge in [-0.2, -0.15) is 0 Å². The summed E-state index contributed by atoms with van der Waals surface area (Å²) in [6.07, 6.45) is 1.15. The molecule has 2 rings (SSSR count). The Labute approximate surface area is 133 Å². The molecular formula is C19H29NS. The molecule has 1 aromatic carbocycles. The molecule has 0 radical (unpaired) electrons. The Kier molecular flexibility index (Phi) is 4.79.